The van der Waals surface area contributed by atoms with Crippen molar-refractivity contribution in [2.75, 3.05) is 13.1 Å². The van der Waals surface area contributed by atoms with Crippen molar-refractivity contribution in [3.8, 4) is 5.69 Å². The molecule has 1 aromatic heterocycles. The van der Waals surface area contributed by atoms with Crippen molar-refractivity contribution in [2.24, 2.45) is 11.3 Å². The molecule has 5 nitrogen and oxygen atoms in total. The number of fused-ring (bicyclic) bond motifs is 1. The molecule has 5 heteroatoms. The average Bonchev–Trinajstić information content (AvgIpc) is 3.22. The van der Waals surface area contributed by atoms with Crippen molar-refractivity contribution < 1.29 is 9.90 Å². The van der Waals surface area contributed by atoms with Gasteiger partial charge in [0.25, 0.3) is 0 Å². The molecule has 2 aliphatic rings. The summed E-state index contributed by atoms with van der Waals surface area (Å²) in [6.45, 7) is 2.34. The van der Waals surface area contributed by atoms with E-state index in [9.17, 15) is 9.90 Å². The predicted molar refractivity (Wildman–Crippen MR) is 86.3 cm³/mol. The van der Waals surface area contributed by atoms with Crippen LogP contribution >= 0.6 is 0 Å². The van der Waals surface area contributed by atoms with E-state index >= 15 is 0 Å². The highest BCUT2D eigenvalue weighted by Crippen LogP contribution is 2.49. The summed E-state index contributed by atoms with van der Waals surface area (Å²) in [6, 6.07) is 10.0. The molecule has 23 heavy (non-hydrogen) atoms. The van der Waals surface area contributed by atoms with Crippen LogP contribution in [0, 0.1) is 11.3 Å². The third-order valence-corrected chi connectivity index (χ3v) is 5.43. The van der Waals surface area contributed by atoms with Crippen LogP contribution < -0.4 is 0 Å². The van der Waals surface area contributed by atoms with Crippen LogP contribution in [0.1, 0.15) is 24.8 Å². The quantitative estimate of drug-likeness (QED) is 0.943. The number of hydrogen-bond acceptors (Lipinski definition) is 3. The van der Waals surface area contributed by atoms with E-state index in [1.165, 1.54) is 0 Å². The van der Waals surface area contributed by atoms with E-state index < -0.39 is 11.4 Å². The van der Waals surface area contributed by atoms with Crippen molar-refractivity contribution in [3.63, 3.8) is 0 Å². The molecule has 0 amide bonds. The Kier molecular flexibility index (Phi) is 3.45. The summed E-state index contributed by atoms with van der Waals surface area (Å²) in [5.41, 5.74) is 1.67. The first-order valence-corrected chi connectivity index (χ1v) is 8.22. The number of carboxylic acids is 1. The minimum absolute atomic E-state index is 0.309. The Morgan fingerprint density at radius 3 is 2.91 bits per heavy atom. The number of carboxylic acid groups (broad SMARTS) is 1. The Balaban J connectivity index is 1.48. The lowest BCUT2D eigenvalue weighted by Gasteiger charge is -2.23. The van der Waals surface area contributed by atoms with Crippen molar-refractivity contribution >= 4 is 5.97 Å². The van der Waals surface area contributed by atoms with E-state index in [1.54, 1.807) is 0 Å². The highest BCUT2D eigenvalue weighted by Gasteiger charge is 2.54. The zero-order valence-electron chi connectivity index (χ0n) is 13.1. The summed E-state index contributed by atoms with van der Waals surface area (Å²) in [5, 5.41) is 14.1. The van der Waals surface area contributed by atoms with Crippen LogP contribution in [0.4, 0.5) is 0 Å². The Labute approximate surface area is 135 Å². The predicted octanol–water partition coefficient (Wildman–Crippen LogP) is 2.56. The second-order valence-electron chi connectivity index (χ2n) is 6.85. The number of rotatable bonds is 4. The first kappa shape index (κ1) is 14.5. The smallest absolute Gasteiger partial charge is 0.311 e. The van der Waals surface area contributed by atoms with Gasteiger partial charge in [-0.05, 0) is 30.9 Å². The number of likely N-dealkylation sites (tertiary alicyclic amines) is 1. The molecule has 0 radical (unpaired) electrons. The number of carbonyl (C=O) groups is 1. The van der Waals surface area contributed by atoms with E-state index in [0.29, 0.717) is 12.5 Å². The maximum atomic E-state index is 11.7. The summed E-state index contributed by atoms with van der Waals surface area (Å²) in [5.74, 6) is -0.299. The Hall–Kier alpha value is -2.14. The fourth-order valence-electron chi connectivity index (χ4n) is 4.29. The van der Waals surface area contributed by atoms with Gasteiger partial charge in [0.2, 0.25) is 0 Å². The van der Waals surface area contributed by atoms with E-state index in [2.05, 4.69) is 10.00 Å². The molecule has 2 heterocycles. The topological polar surface area (TPSA) is 58.4 Å². The van der Waals surface area contributed by atoms with Crippen LogP contribution in [-0.4, -0.2) is 38.8 Å². The molecule has 1 aliphatic heterocycles. The lowest BCUT2D eigenvalue weighted by atomic mass is 9.81. The minimum atomic E-state index is -0.609. The molecule has 2 fully saturated rings. The molecule has 0 bridgehead atoms. The first-order chi connectivity index (χ1) is 11.2. The molecule has 4 rings (SSSR count). The Morgan fingerprint density at radius 1 is 1.35 bits per heavy atom. The van der Waals surface area contributed by atoms with Crippen LogP contribution in [0.15, 0.2) is 42.7 Å². The van der Waals surface area contributed by atoms with Crippen LogP contribution in [-0.2, 0) is 11.3 Å². The number of aromatic nitrogens is 2. The molecule has 1 saturated heterocycles. The fourth-order valence-corrected chi connectivity index (χ4v) is 4.29. The Bertz CT molecular complexity index is 712. The summed E-state index contributed by atoms with van der Waals surface area (Å²) >= 11 is 0. The van der Waals surface area contributed by atoms with Gasteiger partial charge >= 0.3 is 5.97 Å². The summed E-state index contributed by atoms with van der Waals surface area (Å²) < 4.78 is 1.87. The van der Waals surface area contributed by atoms with Gasteiger partial charge in [-0.25, -0.2) is 4.68 Å². The van der Waals surface area contributed by atoms with E-state index in [-0.39, 0.29) is 0 Å². The molecule has 1 N–H and O–H groups in total. The normalized spacial score (nSPS) is 27.2. The molecule has 0 spiro atoms. The average molecular weight is 311 g/mol. The standard InChI is InChI=1S/C18H21N3O2/c22-17(23)18-8-4-5-15(18)12-20(13-18)10-14-9-19-21(11-14)16-6-2-1-3-7-16/h1-3,6-7,9,11,15H,4-5,8,10,12-13H2,(H,22,23)/t15-,18+/m0/s1. The van der Waals surface area contributed by atoms with Gasteiger partial charge < -0.3 is 5.11 Å². The molecule has 2 aromatic rings. The molecular weight excluding hydrogens is 290 g/mol. The van der Waals surface area contributed by atoms with Gasteiger partial charge in [0.1, 0.15) is 0 Å². The summed E-state index contributed by atoms with van der Waals surface area (Å²) in [4.78, 5) is 14.0. The second-order valence-corrected chi connectivity index (χ2v) is 6.85. The number of aliphatic carboxylic acids is 1. The van der Waals surface area contributed by atoms with Gasteiger partial charge in [0, 0.05) is 31.4 Å². The zero-order chi connectivity index (χ0) is 15.9. The molecule has 1 saturated carbocycles. The van der Waals surface area contributed by atoms with Gasteiger partial charge in [0.15, 0.2) is 0 Å². The van der Waals surface area contributed by atoms with E-state index in [4.69, 9.17) is 0 Å². The van der Waals surface area contributed by atoms with Crippen molar-refractivity contribution in [2.45, 2.75) is 25.8 Å². The van der Waals surface area contributed by atoms with Gasteiger partial charge in [-0.2, -0.15) is 5.10 Å². The zero-order valence-corrected chi connectivity index (χ0v) is 13.1. The maximum Gasteiger partial charge on any atom is 0.311 e. The fraction of sp³-hybridized carbons (Fsp3) is 0.444. The third kappa shape index (κ3) is 2.45. The van der Waals surface area contributed by atoms with E-state index in [1.807, 2.05) is 47.4 Å². The molecule has 1 aliphatic carbocycles. The van der Waals surface area contributed by atoms with Crippen LogP contribution in [0.5, 0.6) is 0 Å². The van der Waals surface area contributed by atoms with Gasteiger partial charge in [-0.3, -0.25) is 9.69 Å². The number of benzene rings is 1. The molecule has 1 aromatic carbocycles. The number of para-hydroxylation sites is 1. The summed E-state index contributed by atoms with van der Waals surface area (Å²) in [7, 11) is 0. The highest BCUT2D eigenvalue weighted by molar-refractivity contribution is 5.76. The number of nitrogens with zero attached hydrogens (tertiary/aromatic N) is 3. The van der Waals surface area contributed by atoms with Crippen molar-refractivity contribution in [1.82, 2.24) is 14.7 Å². The lowest BCUT2D eigenvalue weighted by Crippen LogP contribution is -2.35. The van der Waals surface area contributed by atoms with Gasteiger partial charge in [-0.1, -0.05) is 24.6 Å². The minimum Gasteiger partial charge on any atom is -0.481 e. The molecule has 2 atom stereocenters. The SMILES string of the molecule is O=C(O)[C@@]12CCC[C@H]1CN(Cc1cnn(-c3ccccc3)c1)C2. The van der Waals surface area contributed by atoms with Crippen LogP contribution in [0.2, 0.25) is 0 Å². The maximum absolute atomic E-state index is 11.7. The van der Waals surface area contributed by atoms with E-state index in [0.717, 1.165) is 43.6 Å². The monoisotopic (exact) mass is 311 g/mol. The molecule has 120 valence electrons. The Morgan fingerprint density at radius 2 is 2.17 bits per heavy atom. The van der Waals surface area contributed by atoms with Gasteiger partial charge in [-0.15, -0.1) is 0 Å². The third-order valence-electron chi connectivity index (χ3n) is 5.43. The van der Waals surface area contributed by atoms with Crippen LogP contribution in [0.25, 0.3) is 5.69 Å². The number of hydrogen-bond donors (Lipinski definition) is 1. The van der Waals surface area contributed by atoms with Gasteiger partial charge in [0.05, 0.1) is 17.3 Å². The largest absolute Gasteiger partial charge is 0.481 e. The highest BCUT2D eigenvalue weighted by atomic mass is 16.4. The second kappa shape index (κ2) is 5.49. The van der Waals surface area contributed by atoms with Crippen LogP contribution in [0.3, 0.4) is 0 Å². The lowest BCUT2D eigenvalue weighted by molar-refractivity contribution is -0.149. The molecular formula is C18H21N3O2. The van der Waals surface area contributed by atoms with Crippen molar-refractivity contribution in [3.05, 3.63) is 48.3 Å². The molecule has 0 unspecified atom stereocenters. The first-order valence-electron chi connectivity index (χ1n) is 8.22. The van der Waals surface area contributed by atoms with Crippen molar-refractivity contribution in [1.29, 1.82) is 0 Å². The summed E-state index contributed by atoms with van der Waals surface area (Å²) in [6.07, 6.45) is 6.85.